The van der Waals surface area contributed by atoms with Gasteiger partial charge in [0, 0.05) is 29.1 Å². The lowest BCUT2D eigenvalue weighted by atomic mass is 10.1. The van der Waals surface area contributed by atoms with Crippen LogP contribution in [0.4, 0.5) is 5.69 Å². The van der Waals surface area contributed by atoms with E-state index in [1.807, 2.05) is 0 Å². The summed E-state index contributed by atoms with van der Waals surface area (Å²) in [5.74, 6) is 0.386. The number of halogens is 1. The van der Waals surface area contributed by atoms with Gasteiger partial charge in [0.15, 0.2) is 11.5 Å². The predicted molar refractivity (Wildman–Crippen MR) is 104 cm³/mol. The SMILES string of the molecule is COc1ccc(NC(=O)c2ccc(-c3ncccc3Cl)c(OC)c2)cc1O. The number of methoxy groups -OCH3 is 2. The normalized spacial score (nSPS) is 10.3. The standard InChI is InChI=1S/C20H17ClN2O4/c1-26-17-8-6-13(11-16(17)24)23-20(25)12-5-7-14(18(10-12)27-2)19-15(21)4-3-9-22-19/h3-11,24H,1-2H3,(H,23,25). The Morgan fingerprint density at radius 1 is 1.07 bits per heavy atom. The maximum absolute atomic E-state index is 12.5. The quantitative estimate of drug-likeness (QED) is 0.682. The van der Waals surface area contributed by atoms with Crippen molar-refractivity contribution in [1.82, 2.24) is 4.98 Å². The van der Waals surface area contributed by atoms with E-state index in [2.05, 4.69) is 10.3 Å². The second kappa shape index (κ2) is 7.97. The first kappa shape index (κ1) is 18.5. The number of nitrogens with zero attached hydrogens (tertiary/aromatic N) is 1. The molecule has 0 atom stereocenters. The molecule has 6 nitrogen and oxygen atoms in total. The van der Waals surface area contributed by atoms with E-state index in [4.69, 9.17) is 21.1 Å². The molecule has 2 N–H and O–H groups in total. The van der Waals surface area contributed by atoms with Crippen molar-refractivity contribution in [3.05, 3.63) is 65.3 Å². The number of hydrogen-bond acceptors (Lipinski definition) is 5. The minimum Gasteiger partial charge on any atom is -0.504 e. The first-order valence-electron chi connectivity index (χ1n) is 8.00. The summed E-state index contributed by atoms with van der Waals surface area (Å²) in [6.45, 7) is 0. The molecule has 7 heteroatoms. The maximum atomic E-state index is 12.5. The van der Waals surface area contributed by atoms with Gasteiger partial charge in [0.1, 0.15) is 5.75 Å². The highest BCUT2D eigenvalue weighted by atomic mass is 35.5. The summed E-state index contributed by atoms with van der Waals surface area (Å²) in [4.78, 5) is 16.8. The van der Waals surface area contributed by atoms with Gasteiger partial charge in [-0.3, -0.25) is 9.78 Å². The summed E-state index contributed by atoms with van der Waals surface area (Å²) in [6.07, 6.45) is 1.64. The molecule has 0 aliphatic rings. The average molecular weight is 385 g/mol. The van der Waals surface area contributed by atoms with Gasteiger partial charge in [-0.1, -0.05) is 11.6 Å². The number of phenolic OH excluding ortho intramolecular Hbond substituents is 1. The second-order valence-corrected chi connectivity index (χ2v) is 6.00. The summed E-state index contributed by atoms with van der Waals surface area (Å²) in [5, 5.41) is 13.0. The third-order valence-corrected chi connectivity index (χ3v) is 4.22. The van der Waals surface area contributed by atoms with Crippen LogP contribution in [-0.2, 0) is 0 Å². The van der Waals surface area contributed by atoms with Gasteiger partial charge < -0.3 is 19.9 Å². The molecule has 0 bridgehead atoms. The molecular weight excluding hydrogens is 368 g/mol. The number of aromatic hydroxyl groups is 1. The highest BCUT2D eigenvalue weighted by Gasteiger charge is 2.15. The van der Waals surface area contributed by atoms with Crippen LogP contribution in [0.3, 0.4) is 0 Å². The molecule has 1 heterocycles. The Hall–Kier alpha value is -3.25. The van der Waals surface area contributed by atoms with Crippen molar-refractivity contribution in [2.45, 2.75) is 0 Å². The number of carbonyl (C=O) groups is 1. The number of pyridine rings is 1. The Kier molecular flexibility index (Phi) is 5.47. The molecule has 0 saturated heterocycles. The number of anilines is 1. The number of carbonyl (C=O) groups excluding carboxylic acids is 1. The van der Waals surface area contributed by atoms with E-state index in [1.54, 1.807) is 48.7 Å². The topological polar surface area (TPSA) is 80.7 Å². The van der Waals surface area contributed by atoms with Gasteiger partial charge in [-0.2, -0.15) is 0 Å². The maximum Gasteiger partial charge on any atom is 0.255 e. The zero-order valence-electron chi connectivity index (χ0n) is 14.7. The molecule has 0 radical (unpaired) electrons. The van der Waals surface area contributed by atoms with E-state index >= 15 is 0 Å². The Bertz CT molecular complexity index is 991. The predicted octanol–water partition coefficient (Wildman–Crippen LogP) is 4.38. The number of rotatable bonds is 5. The summed E-state index contributed by atoms with van der Waals surface area (Å²) >= 11 is 6.21. The molecule has 0 saturated carbocycles. The molecule has 3 rings (SSSR count). The number of nitrogens with one attached hydrogen (secondary N) is 1. The van der Waals surface area contributed by atoms with Gasteiger partial charge in [0.25, 0.3) is 5.91 Å². The average Bonchev–Trinajstić information content (AvgIpc) is 2.68. The van der Waals surface area contributed by atoms with E-state index in [-0.39, 0.29) is 11.7 Å². The molecule has 0 spiro atoms. The van der Waals surface area contributed by atoms with E-state index in [1.165, 1.54) is 20.3 Å². The first-order valence-corrected chi connectivity index (χ1v) is 8.38. The summed E-state index contributed by atoms with van der Waals surface area (Å²) in [7, 11) is 2.97. The van der Waals surface area contributed by atoms with Crippen molar-refractivity contribution in [1.29, 1.82) is 0 Å². The minimum atomic E-state index is -0.350. The highest BCUT2D eigenvalue weighted by Crippen LogP contribution is 2.34. The summed E-state index contributed by atoms with van der Waals surface area (Å²) < 4.78 is 10.4. The molecule has 3 aromatic rings. The van der Waals surface area contributed by atoms with Gasteiger partial charge >= 0.3 is 0 Å². The fourth-order valence-corrected chi connectivity index (χ4v) is 2.81. The van der Waals surface area contributed by atoms with Crippen LogP contribution in [0.2, 0.25) is 5.02 Å². The molecule has 1 amide bonds. The smallest absolute Gasteiger partial charge is 0.255 e. The molecular formula is C20H17ClN2O4. The van der Waals surface area contributed by atoms with Crippen molar-refractivity contribution in [3.63, 3.8) is 0 Å². The van der Waals surface area contributed by atoms with Crippen molar-refractivity contribution in [2.75, 3.05) is 19.5 Å². The Labute approximate surface area is 161 Å². The molecule has 27 heavy (non-hydrogen) atoms. The third kappa shape index (κ3) is 3.96. The number of aromatic nitrogens is 1. The Balaban J connectivity index is 1.88. The molecule has 2 aromatic carbocycles. The van der Waals surface area contributed by atoms with Crippen LogP contribution in [0.25, 0.3) is 11.3 Å². The summed E-state index contributed by atoms with van der Waals surface area (Å²) in [5.41, 5.74) is 2.08. The first-order chi connectivity index (χ1) is 13.0. The van der Waals surface area contributed by atoms with Gasteiger partial charge in [-0.15, -0.1) is 0 Å². The monoisotopic (exact) mass is 384 g/mol. The van der Waals surface area contributed by atoms with E-state index in [0.29, 0.717) is 39.0 Å². The van der Waals surface area contributed by atoms with Crippen LogP contribution >= 0.6 is 11.6 Å². The van der Waals surface area contributed by atoms with Gasteiger partial charge in [0.2, 0.25) is 0 Å². The van der Waals surface area contributed by atoms with Crippen molar-refractivity contribution in [2.24, 2.45) is 0 Å². The molecule has 0 aliphatic carbocycles. The molecule has 0 aliphatic heterocycles. The molecule has 1 aromatic heterocycles. The largest absolute Gasteiger partial charge is 0.504 e. The summed E-state index contributed by atoms with van der Waals surface area (Å²) in [6, 6.07) is 13.1. The second-order valence-electron chi connectivity index (χ2n) is 5.59. The lowest BCUT2D eigenvalue weighted by molar-refractivity contribution is 0.102. The Morgan fingerprint density at radius 3 is 2.52 bits per heavy atom. The molecule has 0 fully saturated rings. The highest BCUT2D eigenvalue weighted by molar-refractivity contribution is 6.33. The number of phenols is 1. The van der Waals surface area contributed by atoms with Crippen molar-refractivity contribution < 1.29 is 19.4 Å². The van der Waals surface area contributed by atoms with Crippen LogP contribution in [0.5, 0.6) is 17.2 Å². The molecule has 138 valence electrons. The van der Waals surface area contributed by atoms with E-state index in [9.17, 15) is 9.90 Å². The van der Waals surface area contributed by atoms with Crippen LogP contribution in [0, 0.1) is 0 Å². The third-order valence-electron chi connectivity index (χ3n) is 3.91. The number of ether oxygens (including phenoxy) is 2. The van der Waals surface area contributed by atoms with Crippen LogP contribution in [0.15, 0.2) is 54.7 Å². The van der Waals surface area contributed by atoms with Crippen LogP contribution in [0.1, 0.15) is 10.4 Å². The lowest BCUT2D eigenvalue weighted by Gasteiger charge is -2.12. The van der Waals surface area contributed by atoms with Gasteiger partial charge in [-0.25, -0.2) is 0 Å². The van der Waals surface area contributed by atoms with Crippen LogP contribution in [-0.4, -0.2) is 30.2 Å². The zero-order chi connectivity index (χ0) is 19.4. The lowest BCUT2D eigenvalue weighted by Crippen LogP contribution is -2.12. The minimum absolute atomic E-state index is 0.0620. The molecule has 0 unspecified atom stereocenters. The van der Waals surface area contributed by atoms with Crippen molar-refractivity contribution >= 4 is 23.2 Å². The number of hydrogen-bond donors (Lipinski definition) is 2. The van der Waals surface area contributed by atoms with E-state index < -0.39 is 0 Å². The fourth-order valence-electron chi connectivity index (χ4n) is 2.58. The van der Waals surface area contributed by atoms with E-state index in [0.717, 1.165) is 0 Å². The van der Waals surface area contributed by atoms with Gasteiger partial charge in [0.05, 0.1) is 24.9 Å². The Morgan fingerprint density at radius 2 is 1.85 bits per heavy atom. The zero-order valence-corrected chi connectivity index (χ0v) is 15.4. The van der Waals surface area contributed by atoms with Crippen LogP contribution < -0.4 is 14.8 Å². The fraction of sp³-hybridized carbons (Fsp3) is 0.100. The number of amides is 1. The number of benzene rings is 2. The van der Waals surface area contributed by atoms with Crippen molar-refractivity contribution in [3.8, 4) is 28.5 Å². The van der Waals surface area contributed by atoms with Gasteiger partial charge in [-0.05, 0) is 42.5 Å².